The maximum atomic E-state index is 15.2. The molecule has 4 heterocycles. The number of piperidine rings is 1. The number of carbonyl (C=O) groups is 1. The largest absolute Gasteiger partial charge is 0.488 e. The van der Waals surface area contributed by atoms with Gasteiger partial charge in [0, 0.05) is 54.5 Å². The minimum absolute atomic E-state index is 0.0551. The normalized spacial score (nSPS) is 24.2. The fourth-order valence-corrected chi connectivity index (χ4v) is 7.06. The van der Waals surface area contributed by atoms with E-state index >= 15 is 4.39 Å². The average molecular weight is 596 g/mol. The summed E-state index contributed by atoms with van der Waals surface area (Å²) in [6.45, 7) is 16.3. The Hall–Kier alpha value is -3.43. The van der Waals surface area contributed by atoms with Crippen LogP contribution in [-0.4, -0.2) is 83.9 Å². The number of hydrogen-bond donors (Lipinski definition) is 0. The molecule has 3 atom stereocenters. The van der Waals surface area contributed by atoms with Crippen molar-refractivity contribution in [2.24, 2.45) is 4.99 Å². The highest BCUT2D eigenvalue weighted by Crippen LogP contribution is 2.52. The van der Waals surface area contributed by atoms with Crippen LogP contribution in [0.1, 0.15) is 38.7 Å². The fourth-order valence-electron chi connectivity index (χ4n) is 6.76. The first-order valence-electron chi connectivity index (χ1n) is 14.6. The lowest BCUT2D eigenvalue weighted by Crippen LogP contribution is -2.60. The van der Waals surface area contributed by atoms with Gasteiger partial charge in [0.1, 0.15) is 29.9 Å². The van der Waals surface area contributed by atoms with Gasteiger partial charge < -0.3 is 24.3 Å². The molecule has 0 saturated carbocycles. The van der Waals surface area contributed by atoms with Gasteiger partial charge >= 0.3 is 0 Å². The van der Waals surface area contributed by atoms with Gasteiger partial charge in [0.05, 0.1) is 16.8 Å². The van der Waals surface area contributed by atoms with Crippen LogP contribution in [0.2, 0.25) is 5.02 Å². The van der Waals surface area contributed by atoms with Crippen LogP contribution in [0, 0.1) is 11.6 Å². The number of hydrogen-bond acceptors (Lipinski definition) is 6. The Morgan fingerprint density at radius 2 is 1.88 bits per heavy atom. The average Bonchev–Trinajstić information content (AvgIpc) is 2.97. The predicted molar refractivity (Wildman–Crippen MR) is 162 cm³/mol. The maximum Gasteiger partial charge on any atom is 0.246 e. The van der Waals surface area contributed by atoms with Crippen LogP contribution < -0.4 is 9.64 Å². The molecule has 10 heteroatoms. The second-order valence-corrected chi connectivity index (χ2v) is 12.1. The minimum Gasteiger partial charge on any atom is -0.488 e. The molecule has 222 valence electrons. The van der Waals surface area contributed by atoms with Crippen molar-refractivity contribution in [3.8, 4) is 16.9 Å². The molecule has 2 saturated heterocycles. The zero-order valence-electron chi connectivity index (χ0n) is 24.1. The molecule has 0 N–H and O–H groups in total. The van der Waals surface area contributed by atoms with Gasteiger partial charge in [-0.05, 0) is 64.1 Å². The quantitative estimate of drug-likeness (QED) is 0.426. The van der Waals surface area contributed by atoms with Crippen LogP contribution in [0.25, 0.3) is 11.1 Å². The number of amidine groups is 1. The van der Waals surface area contributed by atoms with E-state index in [1.807, 2.05) is 17.9 Å². The van der Waals surface area contributed by atoms with Gasteiger partial charge in [-0.3, -0.25) is 4.79 Å². The van der Waals surface area contributed by atoms with Gasteiger partial charge in [0.15, 0.2) is 5.75 Å². The van der Waals surface area contributed by atoms with Crippen molar-refractivity contribution in [2.45, 2.75) is 51.2 Å². The Morgan fingerprint density at radius 1 is 1.12 bits per heavy atom. The lowest BCUT2D eigenvalue weighted by molar-refractivity contribution is -0.130. The molecule has 0 aromatic heterocycles. The van der Waals surface area contributed by atoms with Crippen LogP contribution in [0.3, 0.4) is 0 Å². The molecular weight excluding hydrogens is 560 g/mol. The number of anilines is 1. The third-order valence-electron chi connectivity index (χ3n) is 8.82. The first-order chi connectivity index (χ1) is 20.2. The number of ether oxygens (including phenoxy) is 1. The van der Waals surface area contributed by atoms with Crippen molar-refractivity contribution in [3.05, 3.63) is 71.5 Å². The number of halogens is 3. The molecule has 1 amide bonds. The SMILES string of the molecule is C=CC(=O)N1C[C@H](C)N(C2=NC(=C)N3c4c2cc(Cl)c(-c2ccc(F)cc2F)c4OCC3CN2CCCCC2)C[C@H]1C. The number of nitrogens with zero attached hydrogens (tertiary/aromatic N) is 5. The molecule has 0 bridgehead atoms. The van der Waals surface area contributed by atoms with Crippen LogP contribution in [0.5, 0.6) is 5.75 Å². The molecular formula is C32H36ClF2N5O2. The summed E-state index contributed by atoms with van der Waals surface area (Å²) in [7, 11) is 0. The number of amides is 1. The van der Waals surface area contributed by atoms with E-state index in [2.05, 4.69) is 34.8 Å². The molecule has 6 rings (SSSR count). The van der Waals surface area contributed by atoms with Crippen LogP contribution >= 0.6 is 11.6 Å². The summed E-state index contributed by atoms with van der Waals surface area (Å²) in [6.07, 6.45) is 4.92. The van der Waals surface area contributed by atoms with E-state index in [0.717, 1.165) is 37.0 Å². The maximum absolute atomic E-state index is 15.2. The van der Waals surface area contributed by atoms with E-state index in [-0.39, 0.29) is 34.6 Å². The zero-order chi connectivity index (χ0) is 29.7. The lowest BCUT2D eigenvalue weighted by Gasteiger charge is -2.49. The number of rotatable bonds is 4. The minimum atomic E-state index is -0.715. The fraction of sp³-hybridized carbons (Fsp3) is 0.438. The highest BCUT2D eigenvalue weighted by molar-refractivity contribution is 6.35. The van der Waals surface area contributed by atoms with Crippen molar-refractivity contribution in [2.75, 3.05) is 44.2 Å². The third kappa shape index (κ3) is 4.96. The molecule has 0 spiro atoms. The Morgan fingerprint density at radius 3 is 2.60 bits per heavy atom. The standard InChI is InChI=1S/C32H36ClF2N5O2/c1-5-28(41)38-15-20(3)39(16-19(38)2)32-25-14-26(33)29(24-10-9-22(34)13-27(24)35)31-30(25)40(21(4)36-32)23(18-42-31)17-37-11-7-6-8-12-37/h5,9-10,13-14,19-20,23H,1,4,6-8,11-12,15-18H2,2-3H3/t19-,20+,23?/m1/s1. The molecule has 2 aromatic rings. The number of benzene rings is 2. The van der Waals surface area contributed by atoms with Crippen LogP contribution in [-0.2, 0) is 4.79 Å². The zero-order valence-corrected chi connectivity index (χ0v) is 24.8. The number of piperazine rings is 1. The first kappa shape index (κ1) is 28.7. The van der Waals surface area contributed by atoms with E-state index < -0.39 is 11.6 Å². The van der Waals surface area contributed by atoms with Gasteiger partial charge in [0.2, 0.25) is 5.91 Å². The van der Waals surface area contributed by atoms with Crippen molar-refractivity contribution in [3.63, 3.8) is 0 Å². The summed E-state index contributed by atoms with van der Waals surface area (Å²) < 4.78 is 35.5. The summed E-state index contributed by atoms with van der Waals surface area (Å²) in [4.78, 5) is 26.1. The van der Waals surface area contributed by atoms with Gasteiger partial charge in [-0.15, -0.1) is 0 Å². The summed E-state index contributed by atoms with van der Waals surface area (Å²) in [5.41, 5.74) is 2.05. The monoisotopic (exact) mass is 595 g/mol. The summed E-state index contributed by atoms with van der Waals surface area (Å²) in [6, 6.07) is 5.09. The van der Waals surface area contributed by atoms with Gasteiger partial charge in [0.25, 0.3) is 0 Å². The Labute approximate surface area is 250 Å². The van der Waals surface area contributed by atoms with Crippen LogP contribution in [0.4, 0.5) is 14.5 Å². The van der Waals surface area contributed by atoms with Gasteiger partial charge in [-0.2, -0.15) is 0 Å². The van der Waals surface area contributed by atoms with E-state index in [0.29, 0.717) is 42.7 Å². The Bertz CT molecular complexity index is 1470. The summed E-state index contributed by atoms with van der Waals surface area (Å²) in [5, 5.41) is 0.282. The number of carbonyl (C=O) groups excluding carboxylic acids is 1. The highest BCUT2D eigenvalue weighted by atomic mass is 35.5. The van der Waals surface area contributed by atoms with E-state index in [1.54, 1.807) is 0 Å². The lowest BCUT2D eigenvalue weighted by atomic mass is 9.94. The Balaban J connectivity index is 1.47. The molecule has 0 radical (unpaired) electrons. The third-order valence-corrected chi connectivity index (χ3v) is 9.12. The summed E-state index contributed by atoms with van der Waals surface area (Å²) >= 11 is 6.92. The van der Waals surface area contributed by atoms with E-state index in [1.165, 1.54) is 37.5 Å². The smallest absolute Gasteiger partial charge is 0.246 e. The first-order valence-corrected chi connectivity index (χ1v) is 15.0. The molecule has 2 aromatic carbocycles. The molecule has 0 aliphatic carbocycles. The van der Waals surface area contributed by atoms with Gasteiger partial charge in [-0.1, -0.05) is 31.2 Å². The molecule has 4 aliphatic rings. The van der Waals surface area contributed by atoms with Gasteiger partial charge in [-0.25, -0.2) is 13.8 Å². The molecule has 42 heavy (non-hydrogen) atoms. The predicted octanol–water partition coefficient (Wildman–Crippen LogP) is 5.68. The molecule has 1 unspecified atom stereocenters. The van der Waals surface area contributed by atoms with Crippen molar-refractivity contribution < 1.29 is 18.3 Å². The van der Waals surface area contributed by atoms with Crippen molar-refractivity contribution in [1.82, 2.24) is 14.7 Å². The Kier molecular flexibility index (Phi) is 7.74. The van der Waals surface area contributed by atoms with E-state index in [9.17, 15) is 9.18 Å². The number of aliphatic imine (C=N–C) groups is 1. The second kappa shape index (κ2) is 11.3. The van der Waals surface area contributed by atoms with Crippen molar-refractivity contribution in [1.29, 1.82) is 0 Å². The molecule has 2 fully saturated rings. The molecule has 7 nitrogen and oxygen atoms in total. The number of likely N-dealkylation sites (tertiary alicyclic amines) is 1. The molecule has 4 aliphatic heterocycles. The van der Waals surface area contributed by atoms with E-state index in [4.69, 9.17) is 21.3 Å². The summed E-state index contributed by atoms with van der Waals surface area (Å²) in [5.74, 6) is 0.216. The highest BCUT2D eigenvalue weighted by Gasteiger charge is 2.42. The topological polar surface area (TPSA) is 51.6 Å². The van der Waals surface area contributed by atoms with Crippen LogP contribution in [0.15, 0.2) is 54.3 Å². The second-order valence-electron chi connectivity index (χ2n) is 11.7. The van der Waals surface area contributed by atoms with Crippen molar-refractivity contribution >= 4 is 29.0 Å².